The van der Waals surface area contributed by atoms with Gasteiger partial charge in [-0.05, 0) is 74.9 Å². The predicted molar refractivity (Wildman–Crippen MR) is 217 cm³/mol. The van der Waals surface area contributed by atoms with Crippen LogP contribution in [0.4, 0.5) is 0 Å². The third kappa shape index (κ3) is 18.0. The summed E-state index contributed by atoms with van der Waals surface area (Å²) in [6, 6.07) is 19.1. The number of likely N-dealkylation sites (tertiary alicyclic amines) is 2. The Morgan fingerprint density at radius 1 is 0.643 bits per heavy atom. The molecule has 0 radical (unpaired) electrons. The van der Waals surface area contributed by atoms with Crippen molar-refractivity contribution < 1.29 is 38.9 Å². The molecule has 10 heteroatoms. The molecule has 2 aliphatic heterocycles. The smallest absolute Gasteiger partial charge is 0.305 e. The van der Waals surface area contributed by atoms with Crippen molar-refractivity contribution in [1.82, 2.24) is 9.80 Å². The molecule has 56 heavy (non-hydrogen) atoms. The van der Waals surface area contributed by atoms with E-state index in [4.69, 9.17) is 0 Å². The van der Waals surface area contributed by atoms with Crippen LogP contribution in [-0.4, -0.2) is 95.4 Å². The molecule has 2 aliphatic rings. The normalized spacial score (nSPS) is 17.4. The number of benzene rings is 2. The maximum atomic E-state index is 12.1. The first-order valence-electron chi connectivity index (χ1n) is 19.8. The molecule has 0 spiro atoms. The van der Waals surface area contributed by atoms with E-state index >= 15 is 0 Å². The van der Waals surface area contributed by atoms with Gasteiger partial charge < -0.3 is 29.5 Å². The number of aliphatic hydroxyl groups excluding tert-OH is 2. The summed E-state index contributed by atoms with van der Waals surface area (Å²) in [7, 11) is 2.80. The number of ether oxygens (including phenoxy) is 2. The number of carbonyl (C=O) groups excluding carboxylic acids is 4. The number of esters is 2. The second-order valence-electron chi connectivity index (χ2n) is 13.8. The first-order valence-corrected chi connectivity index (χ1v) is 19.8. The van der Waals surface area contributed by atoms with Gasteiger partial charge in [-0.1, -0.05) is 97.9 Å². The molecule has 4 rings (SSSR count). The van der Waals surface area contributed by atoms with Gasteiger partial charge in [0.25, 0.3) is 0 Å². The summed E-state index contributed by atoms with van der Waals surface area (Å²) in [5.74, 6) is 11.5. The van der Waals surface area contributed by atoms with Crippen molar-refractivity contribution >= 4 is 23.8 Å². The highest BCUT2D eigenvalue weighted by Gasteiger charge is 2.29. The lowest BCUT2D eigenvalue weighted by Gasteiger charge is -2.22. The Bertz CT molecular complexity index is 1560. The molecule has 2 saturated heterocycles. The fraction of sp³-hybridized carbons (Fsp3) is 0.478. The van der Waals surface area contributed by atoms with Crippen LogP contribution in [0, 0.1) is 23.7 Å². The van der Waals surface area contributed by atoms with Crippen molar-refractivity contribution in [3.05, 3.63) is 96.1 Å². The fourth-order valence-corrected chi connectivity index (χ4v) is 6.43. The van der Waals surface area contributed by atoms with Gasteiger partial charge in [0.1, 0.15) is 12.2 Å². The Hall–Kier alpha value is -5.16. The molecule has 2 amide bonds. The number of hydrogen-bond donors (Lipinski definition) is 2. The average molecular weight is 767 g/mol. The Kier molecular flexibility index (Phi) is 21.5. The first-order chi connectivity index (χ1) is 27.2. The Morgan fingerprint density at radius 3 is 1.39 bits per heavy atom. The van der Waals surface area contributed by atoms with Crippen LogP contribution < -0.4 is 0 Å². The number of aliphatic hydroxyl groups is 2. The molecule has 0 aliphatic carbocycles. The Balaban J connectivity index is 0.000000300. The standard InChI is InChI=1S/2C23H29NO4/c2*1-28-23(27)11-7-2-3-8-18-24-20(14-17-22(24)26)13-16-21(25)15-12-19-9-5-4-6-10-19/h2*4-6,9-10,13,16,20-21,25H,2-3,7-8,11,14,17-18H2,1H3/b2*16-13+/t20-,21+;20-,21-/m00/s1. The molecule has 0 unspecified atom stereocenters. The lowest BCUT2D eigenvalue weighted by Crippen LogP contribution is -2.32. The Morgan fingerprint density at radius 2 is 1.02 bits per heavy atom. The summed E-state index contributed by atoms with van der Waals surface area (Å²) in [4.78, 5) is 50.2. The third-order valence-electron chi connectivity index (χ3n) is 9.57. The molecule has 0 aromatic heterocycles. The van der Waals surface area contributed by atoms with Crippen molar-refractivity contribution in [2.45, 2.75) is 114 Å². The summed E-state index contributed by atoms with van der Waals surface area (Å²) in [6.45, 7) is 1.41. The van der Waals surface area contributed by atoms with E-state index in [1.54, 1.807) is 12.2 Å². The van der Waals surface area contributed by atoms with Gasteiger partial charge in [-0.15, -0.1) is 0 Å². The van der Waals surface area contributed by atoms with E-state index in [0.29, 0.717) is 38.8 Å². The second-order valence-corrected chi connectivity index (χ2v) is 13.8. The molecule has 2 aromatic carbocycles. The molecule has 2 heterocycles. The molecular formula is C46H58N2O8. The molecule has 4 atom stereocenters. The van der Waals surface area contributed by atoms with Crippen molar-refractivity contribution in [2.24, 2.45) is 0 Å². The van der Waals surface area contributed by atoms with E-state index in [9.17, 15) is 29.4 Å². The summed E-state index contributed by atoms with van der Waals surface area (Å²) in [5, 5.41) is 20.1. The van der Waals surface area contributed by atoms with Gasteiger partial charge in [0.15, 0.2) is 0 Å². The molecular weight excluding hydrogens is 709 g/mol. The lowest BCUT2D eigenvalue weighted by molar-refractivity contribution is -0.141. The molecule has 10 nitrogen and oxygen atoms in total. The first kappa shape index (κ1) is 45.2. The average Bonchev–Trinajstić information content (AvgIpc) is 3.77. The summed E-state index contributed by atoms with van der Waals surface area (Å²) < 4.78 is 9.25. The number of nitrogens with zero attached hydrogens (tertiary/aromatic N) is 2. The zero-order valence-electron chi connectivity index (χ0n) is 32.9. The van der Waals surface area contributed by atoms with E-state index < -0.39 is 12.2 Å². The van der Waals surface area contributed by atoms with Crippen molar-refractivity contribution in [3.8, 4) is 23.7 Å². The number of rotatable bonds is 18. The number of amides is 2. The Labute approximate surface area is 332 Å². The van der Waals surface area contributed by atoms with Crippen LogP contribution in [0.5, 0.6) is 0 Å². The van der Waals surface area contributed by atoms with Gasteiger partial charge in [0.05, 0.1) is 26.3 Å². The maximum Gasteiger partial charge on any atom is 0.305 e. The topological polar surface area (TPSA) is 134 Å². The van der Waals surface area contributed by atoms with E-state index in [-0.39, 0.29) is 35.8 Å². The van der Waals surface area contributed by atoms with Gasteiger partial charge in [-0.3, -0.25) is 19.2 Å². The second kappa shape index (κ2) is 26.6. The van der Waals surface area contributed by atoms with E-state index in [2.05, 4.69) is 33.2 Å². The highest BCUT2D eigenvalue weighted by atomic mass is 16.5. The number of unbranched alkanes of at least 4 members (excludes halogenated alkanes) is 6. The van der Waals surface area contributed by atoms with Crippen molar-refractivity contribution in [2.75, 3.05) is 27.3 Å². The molecule has 2 N–H and O–H groups in total. The minimum atomic E-state index is -0.851. The van der Waals surface area contributed by atoms with Crippen molar-refractivity contribution in [1.29, 1.82) is 0 Å². The van der Waals surface area contributed by atoms with Gasteiger partial charge >= 0.3 is 11.9 Å². The van der Waals surface area contributed by atoms with Crippen molar-refractivity contribution in [3.63, 3.8) is 0 Å². The number of carbonyl (C=O) groups is 4. The van der Waals surface area contributed by atoms with Crippen LogP contribution in [0.3, 0.4) is 0 Å². The van der Waals surface area contributed by atoms with Crippen LogP contribution >= 0.6 is 0 Å². The van der Waals surface area contributed by atoms with E-state index in [0.717, 1.165) is 75.3 Å². The van der Waals surface area contributed by atoms with Gasteiger partial charge in [0.2, 0.25) is 11.8 Å². The van der Waals surface area contributed by atoms with Gasteiger partial charge in [0, 0.05) is 49.9 Å². The highest BCUT2D eigenvalue weighted by Crippen LogP contribution is 2.22. The van der Waals surface area contributed by atoms with Crippen LogP contribution in [0.15, 0.2) is 85.0 Å². The van der Waals surface area contributed by atoms with E-state index in [1.165, 1.54) is 14.2 Å². The zero-order valence-corrected chi connectivity index (χ0v) is 32.9. The van der Waals surface area contributed by atoms with Crippen LogP contribution in [0.25, 0.3) is 0 Å². The SMILES string of the molecule is COC(=O)CCCCCCN1C(=O)CC[C@@H]1/C=C/[C@@H](O)C#Cc1ccccc1.COC(=O)CCCCCCN1C(=O)CC[C@@H]1/C=C/[C@H](O)C#Cc1ccccc1. The minimum absolute atomic E-state index is 0.0238. The van der Waals surface area contributed by atoms with Crippen LogP contribution in [0.2, 0.25) is 0 Å². The quantitative estimate of drug-likeness (QED) is 0.0801. The largest absolute Gasteiger partial charge is 0.469 e. The summed E-state index contributed by atoms with van der Waals surface area (Å²) in [6.07, 6.45) is 16.3. The van der Waals surface area contributed by atoms with Gasteiger partial charge in [-0.25, -0.2) is 0 Å². The number of methoxy groups -OCH3 is 2. The fourth-order valence-electron chi connectivity index (χ4n) is 6.43. The molecule has 0 saturated carbocycles. The highest BCUT2D eigenvalue weighted by molar-refractivity contribution is 5.79. The zero-order chi connectivity index (χ0) is 40.4. The van der Waals surface area contributed by atoms with Gasteiger partial charge in [-0.2, -0.15) is 0 Å². The van der Waals surface area contributed by atoms with Crippen LogP contribution in [-0.2, 0) is 28.7 Å². The molecule has 300 valence electrons. The monoisotopic (exact) mass is 766 g/mol. The third-order valence-corrected chi connectivity index (χ3v) is 9.57. The van der Waals surface area contributed by atoms with Crippen LogP contribution in [0.1, 0.15) is 101 Å². The minimum Gasteiger partial charge on any atom is -0.469 e. The summed E-state index contributed by atoms with van der Waals surface area (Å²) in [5.41, 5.74) is 1.72. The molecule has 2 fully saturated rings. The maximum absolute atomic E-state index is 12.1. The predicted octanol–water partition coefficient (Wildman–Crippen LogP) is 6.14. The molecule has 0 bridgehead atoms. The summed E-state index contributed by atoms with van der Waals surface area (Å²) >= 11 is 0. The van der Waals surface area contributed by atoms with E-state index in [1.807, 2.05) is 82.6 Å². The lowest BCUT2D eigenvalue weighted by atomic mass is 10.1. The molecule has 2 aromatic rings. The number of hydrogen-bond acceptors (Lipinski definition) is 8.